The van der Waals surface area contributed by atoms with Crippen molar-refractivity contribution in [2.45, 2.75) is 43.9 Å². The maximum Gasteiger partial charge on any atom is 0.127 e. The molecule has 0 bridgehead atoms. The van der Waals surface area contributed by atoms with Crippen LogP contribution in [0.4, 0.5) is 4.39 Å². The van der Waals surface area contributed by atoms with Gasteiger partial charge in [-0.1, -0.05) is 24.8 Å². The molecule has 2 aromatic rings. The Morgan fingerprint density at radius 3 is 2.38 bits per heavy atom. The van der Waals surface area contributed by atoms with Crippen LogP contribution in [0.5, 0.6) is 5.75 Å². The molecule has 0 heterocycles. The third-order valence-corrected chi connectivity index (χ3v) is 5.17. The van der Waals surface area contributed by atoms with Crippen LogP contribution in [0.2, 0.25) is 0 Å². The standard InChI is InChI=1S/C18H21FOS/c1-6-14-10-17(13(4)18(20-5)11(14)2)21-16-9-7-8-15(19)12(16)3/h7-10H,6H2,1-5H3. The number of ether oxygens (including phenoxy) is 1. The van der Waals surface area contributed by atoms with Crippen LogP contribution in [0.15, 0.2) is 34.1 Å². The average Bonchev–Trinajstić information content (AvgIpc) is 2.47. The molecule has 2 aromatic carbocycles. The molecule has 0 aromatic heterocycles. The van der Waals surface area contributed by atoms with Crippen molar-refractivity contribution in [2.24, 2.45) is 0 Å². The van der Waals surface area contributed by atoms with Crippen LogP contribution in [-0.2, 0) is 6.42 Å². The molecule has 0 amide bonds. The summed E-state index contributed by atoms with van der Waals surface area (Å²) in [6.07, 6.45) is 0.957. The maximum absolute atomic E-state index is 13.7. The SMILES string of the molecule is CCc1cc(Sc2cccc(F)c2C)c(C)c(OC)c1C. The van der Waals surface area contributed by atoms with Gasteiger partial charge in [0.05, 0.1) is 7.11 Å². The number of aryl methyl sites for hydroxylation is 1. The van der Waals surface area contributed by atoms with Gasteiger partial charge in [0, 0.05) is 15.4 Å². The first kappa shape index (κ1) is 15.9. The van der Waals surface area contributed by atoms with Crippen LogP contribution in [0, 0.1) is 26.6 Å². The van der Waals surface area contributed by atoms with E-state index in [4.69, 9.17) is 4.74 Å². The predicted molar refractivity (Wildman–Crippen MR) is 87.1 cm³/mol. The number of methoxy groups -OCH3 is 1. The van der Waals surface area contributed by atoms with Gasteiger partial charge in [0.25, 0.3) is 0 Å². The van der Waals surface area contributed by atoms with E-state index in [1.807, 2.05) is 13.0 Å². The molecule has 0 radical (unpaired) electrons. The molecular weight excluding hydrogens is 283 g/mol. The fourth-order valence-corrected chi connectivity index (χ4v) is 3.59. The molecule has 0 N–H and O–H groups in total. The fourth-order valence-electron chi connectivity index (χ4n) is 2.51. The van der Waals surface area contributed by atoms with Crippen LogP contribution in [0.3, 0.4) is 0 Å². The van der Waals surface area contributed by atoms with Crippen LogP contribution < -0.4 is 4.74 Å². The summed E-state index contributed by atoms with van der Waals surface area (Å²) in [4.78, 5) is 2.08. The molecule has 0 saturated carbocycles. The maximum atomic E-state index is 13.7. The summed E-state index contributed by atoms with van der Waals surface area (Å²) >= 11 is 1.60. The Morgan fingerprint density at radius 2 is 1.76 bits per heavy atom. The Hall–Kier alpha value is -1.48. The summed E-state index contributed by atoms with van der Waals surface area (Å²) in [6.45, 7) is 8.10. The van der Waals surface area contributed by atoms with Gasteiger partial charge in [0.1, 0.15) is 11.6 Å². The zero-order valence-corrected chi connectivity index (χ0v) is 14.0. The second-order valence-electron chi connectivity index (χ2n) is 5.14. The summed E-state index contributed by atoms with van der Waals surface area (Å²) in [5, 5.41) is 0. The van der Waals surface area contributed by atoms with E-state index in [1.54, 1.807) is 24.9 Å². The van der Waals surface area contributed by atoms with Crippen LogP contribution in [0.25, 0.3) is 0 Å². The first-order valence-corrected chi connectivity index (χ1v) is 7.91. The van der Waals surface area contributed by atoms with Crippen molar-refractivity contribution in [3.05, 3.63) is 52.3 Å². The fraction of sp³-hybridized carbons (Fsp3) is 0.333. The zero-order chi connectivity index (χ0) is 15.6. The minimum absolute atomic E-state index is 0.160. The van der Waals surface area contributed by atoms with Crippen molar-refractivity contribution >= 4 is 11.8 Å². The van der Waals surface area contributed by atoms with E-state index in [2.05, 4.69) is 26.8 Å². The quantitative estimate of drug-likeness (QED) is 0.740. The predicted octanol–water partition coefficient (Wildman–Crippen LogP) is 5.47. The highest BCUT2D eigenvalue weighted by molar-refractivity contribution is 7.99. The molecule has 3 heteroatoms. The number of rotatable bonds is 4. The van der Waals surface area contributed by atoms with E-state index in [-0.39, 0.29) is 5.82 Å². The molecule has 2 rings (SSSR count). The Kier molecular flexibility index (Phi) is 4.94. The summed E-state index contributed by atoms with van der Waals surface area (Å²) < 4.78 is 19.3. The molecule has 0 aliphatic heterocycles. The summed E-state index contributed by atoms with van der Waals surface area (Å²) in [5.74, 6) is 0.776. The van der Waals surface area contributed by atoms with E-state index in [9.17, 15) is 4.39 Å². The van der Waals surface area contributed by atoms with Crippen LogP contribution in [-0.4, -0.2) is 7.11 Å². The van der Waals surface area contributed by atoms with Gasteiger partial charge in [0.2, 0.25) is 0 Å². The van der Waals surface area contributed by atoms with Gasteiger partial charge in [-0.05, 0) is 62.1 Å². The summed E-state index contributed by atoms with van der Waals surface area (Å²) in [7, 11) is 1.71. The minimum atomic E-state index is -0.160. The lowest BCUT2D eigenvalue weighted by Crippen LogP contribution is -1.98. The number of halogens is 1. The number of hydrogen-bond donors (Lipinski definition) is 0. The van der Waals surface area contributed by atoms with Crippen molar-refractivity contribution in [3.63, 3.8) is 0 Å². The van der Waals surface area contributed by atoms with Crippen molar-refractivity contribution < 1.29 is 9.13 Å². The van der Waals surface area contributed by atoms with Crippen LogP contribution in [0.1, 0.15) is 29.2 Å². The molecule has 0 fully saturated rings. The topological polar surface area (TPSA) is 9.23 Å². The Morgan fingerprint density at radius 1 is 1.05 bits per heavy atom. The van der Waals surface area contributed by atoms with Crippen molar-refractivity contribution in [3.8, 4) is 5.75 Å². The molecular formula is C18H21FOS. The Balaban J connectivity index is 2.51. The molecule has 0 aliphatic rings. The largest absolute Gasteiger partial charge is 0.496 e. The second kappa shape index (κ2) is 6.52. The molecule has 21 heavy (non-hydrogen) atoms. The molecule has 0 spiro atoms. The second-order valence-corrected chi connectivity index (χ2v) is 6.22. The van der Waals surface area contributed by atoms with Gasteiger partial charge >= 0.3 is 0 Å². The molecule has 112 valence electrons. The average molecular weight is 304 g/mol. The van der Waals surface area contributed by atoms with E-state index in [0.29, 0.717) is 5.56 Å². The van der Waals surface area contributed by atoms with E-state index >= 15 is 0 Å². The van der Waals surface area contributed by atoms with E-state index in [1.165, 1.54) is 17.2 Å². The molecule has 0 atom stereocenters. The van der Waals surface area contributed by atoms with Crippen molar-refractivity contribution in [2.75, 3.05) is 7.11 Å². The highest BCUT2D eigenvalue weighted by Crippen LogP contribution is 2.39. The highest BCUT2D eigenvalue weighted by Gasteiger charge is 2.14. The first-order valence-electron chi connectivity index (χ1n) is 7.09. The highest BCUT2D eigenvalue weighted by atomic mass is 32.2. The number of benzene rings is 2. The molecule has 0 aliphatic carbocycles. The van der Waals surface area contributed by atoms with E-state index < -0.39 is 0 Å². The lowest BCUT2D eigenvalue weighted by Gasteiger charge is -2.17. The number of hydrogen-bond acceptors (Lipinski definition) is 2. The first-order chi connectivity index (χ1) is 9.99. The Bertz CT molecular complexity index is 665. The summed E-state index contributed by atoms with van der Waals surface area (Å²) in [6, 6.07) is 7.41. The van der Waals surface area contributed by atoms with Crippen LogP contribution >= 0.6 is 11.8 Å². The van der Waals surface area contributed by atoms with Gasteiger partial charge in [-0.15, -0.1) is 0 Å². The lowest BCUT2D eigenvalue weighted by molar-refractivity contribution is 0.406. The Labute approximate surface area is 130 Å². The zero-order valence-electron chi connectivity index (χ0n) is 13.2. The van der Waals surface area contributed by atoms with Gasteiger partial charge in [0.15, 0.2) is 0 Å². The van der Waals surface area contributed by atoms with Gasteiger partial charge in [-0.2, -0.15) is 0 Å². The summed E-state index contributed by atoms with van der Waals surface area (Å²) in [5.41, 5.74) is 4.27. The smallest absolute Gasteiger partial charge is 0.127 e. The molecule has 0 unspecified atom stereocenters. The van der Waals surface area contributed by atoms with Crippen molar-refractivity contribution in [1.29, 1.82) is 0 Å². The third-order valence-electron chi connectivity index (χ3n) is 3.86. The van der Waals surface area contributed by atoms with Gasteiger partial charge < -0.3 is 4.74 Å². The third kappa shape index (κ3) is 3.08. The van der Waals surface area contributed by atoms with Gasteiger partial charge in [-0.25, -0.2) is 4.39 Å². The lowest BCUT2D eigenvalue weighted by atomic mass is 10.0. The normalized spacial score (nSPS) is 10.8. The van der Waals surface area contributed by atoms with E-state index in [0.717, 1.165) is 27.5 Å². The monoisotopic (exact) mass is 304 g/mol. The minimum Gasteiger partial charge on any atom is -0.496 e. The van der Waals surface area contributed by atoms with Gasteiger partial charge in [-0.3, -0.25) is 0 Å². The van der Waals surface area contributed by atoms with Crippen molar-refractivity contribution in [1.82, 2.24) is 0 Å². The molecule has 1 nitrogen and oxygen atoms in total. The molecule has 0 saturated heterocycles.